The van der Waals surface area contributed by atoms with E-state index in [1.54, 1.807) is 0 Å². The molecule has 0 saturated heterocycles. The van der Waals surface area contributed by atoms with Crippen molar-refractivity contribution in [3.63, 3.8) is 0 Å². The summed E-state index contributed by atoms with van der Waals surface area (Å²) in [4.78, 5) is 7.04. The second kappa shape index (κ2) is 5.14. The number of sulfone groups is 1. The maximum absolute atomic E-state index is 10.8. The van der Waals surface area contributed by atoms with E-state index >= 15 is 0 Å². The molecule has 0 atom stereocenters. The van der Waals surface area contributed by atoms with E-state index in [1.807, 2.05) is 13.8 Å². The molecule has 0 spiro atoms. The van der Waals surface area contributed by atoms with Gasteiger partial charge >= 0.3 is 0 Å². The Balaban J connectivity index is 0.000000671. The molecule has 0 saturated carbocycles. The van der Waals surface area contributed by atoms with Gasteiger partial charge in [0, 0.05) is 12.5 Å². The molecule has 0 aliphatic carbocycles. The summed E-state index contributed by atoms with van der Waals surface area (Å²) in [5.74, 6) is 0. The Morgan fingerprint density at radius 3 is 2.23 bits per heavy atom. The molecule has 4 nitrogen and oxygen atoms in total. The minimum absolute atomic E-state index is 0.125. The molecule has 6 heteroatoms. The lowest BCUT2D eigenvalue weighted by Gasteiger charge is -1.94. The number of nitrogens with zero attached hydrogens (tertiary/aromatic N) is 2. The Labute approximate surface area is 82.9 Å². The van der Waals surface area contributed by atoms with Crippen molar-refractivity contribution in [1.82, 2.24) is 9.97 Å². The van der Waals surface area contributed by atoms with Crippen molar-refractivity contribution in [2.75, 3.05) is 6.26 Å². The van der Waals surface area contributed by atoms with Crippen molar-refractivity contribution in [3.05, 3.63) is 17.4 Å². The molecule has 0 aliphatic rings. The molecule has 0 aliphatic heterocycles. The molecule has 0 radical (unpaired) electrons. The van der Waals surface area contributed by atoms with Crippen LogP contribution in [0.15, 0.2) is 17.4 Å². The van der Waals surface area contributed by atoms with E-state index in [9.17, 15) is 8.42 Å². The number of rotatable bonds is 1. The first-order valence-corrected chi connectivity index (χ1v) is 5.96. The van der Waals surface area contributed by atoms with E-state index in [1.165, 1.54) is 12.3 Å². The third kappa shape index (κ3) is 4.19. The highest BCUT2D eigenvalue weighted by Crippen LogP contribution is 2.05. The van der Waals surface area contributed by atoms with Gasteiger partial charge in [-0.1, -0.05) is 25.4 Å². The van der Waals surface area contributed by atoms with Gasteiger partial charge in [-0.25, -0.2) is 18.4 Å². The highest BCUT2D eigenvalue weighted by molar-refractivity contribution is 7.90. The molecule has 1 aromatic heterocycles. The normalized spacial score (nSPS) is 10.2. The Hall–Kier alpha value is -0.680. The molecule has 1 heterocycles. The average molecular weight is 223 g/mol. The van der Waals surface area contributed by atoms with Crippen LogP contribution in [0.2, 0.25) is 5.15 Å². The fraction of sp³-hybridized carbons (Fsp3) is 0.429. The van der Waals surface area contributed by atoms with Gasteiger partial charge in [0.15, 0.2) is 0 Å². The highest BCUT2D eigenvalue weighted by atomic mass is 35.5. The van der Waals surface area contributed by atoms with Gasteiger partial charge in [0.2, 0.25) is 15.0 Å². The van der Waals surface area contributed by atoms with Crippen LogP contribution in [-0.2, 0) is 9.84 Å². The Morgan fingerprint density at radius 1 is 1.38 bits per heavy atom. The zero-order chi connectivity index (χ0) is 10.5. The van der Waals surface area contributed by atoms with Gasteiger partial charge in [0.05, 0.1) is 0 Å². The molecule has 0 aromatic carbocycles. The predicted molar refractivity (Wildman–Crippen MR) is 51.5 cm³/mol. The first-order valence-electron chi connectivity index (χ1n) is 3.69. The summed E-state index contributed by atoms with van der Waals surface area (Å²) >= 11 is 5.44. The molecular formula is C7H11ClN2O2S. The van der Waals surface area contributed by atoms with E-state index in [4.69, 9.17) is 11.6 Å². The quantitative estimate of drug-likeness (QED) is 0.535. The molecule has 0 amide bonds. The van der Waals surface area contributed by atoms with Gasteiger partial charge in [-0.3, -0.25) is 0 Å². The Kier molecular flexibility index (Phi) is 4.87. The van der Waals surface area contributed by atoms with Crippen LogP contribution >= 0.6 is 11.6 Å². The fourth-order valence-electron chi connectivity index (χ4n) is 0.499. The third-order valence-electron chi connectivity index (χ3n) is 0.931. The van der Waals surface area contributed by atoms with Crippen LogP contribution in [0.1, 0.15) is 13.8 Å². The van der Waals surface area contributed by atoms with E-state index in [2.05, 4.69) is 9.97 Å². The van der Waals surface area contributed by atoms with Crippen molar-refractivity contribution < 1.29 is 8.42 Å². The SMILES string of the molecule is CC.CS(=O)(=O)c1nccc(Cl)n1. The van der Waals surface area contributed by atoms with Gasteiger partial charge in [-0.05, 0) is 6.07 Å². The summed E-state index contributed by atoms with van der Waals surface area (Å²) in [6, 6.07) is 1.41. The summed E-state index contributed by atoms with van der Waals surface area (Å²) in [5.41, 5.74) is 0. The maximum atomic E-state index is 10.8. The molecule has 74 valence electrons. The number of hydrogen-bond donors (Lipinski definition) is 0. The van der Waals surface area contributed by atoms with Crippen LogP contribution in [-0.4, -0.2) is 24.6 Å². The largest absolute Gasteiger partial charge is 0.248 e. The number of aromatic nitrogens is 2. The third-order valence-corrected chi connectivity index (χ3v) is 2.00. The van der Waals surface area contributed by atoms with Gasteiger partial charge in [-0.15, -0.1) is 0 Å². The molecule has 0 unspecified atom stereocenters. The van der Waals surface area contributed by atoms with E-state index in [0.717, 1.165) is 6.26 Å². The Bertz CT molecular complexity index is 365. The summed E-state index contributed by atoms with van der Waals surface area (Å²) in [6.45, 7) is 4.00. The van der Waals surface area contributed by atoms with Crippen molar-refractivity contribution in [2.45, 2.75) is 19.0 Å². The van der Waals surface area contributed by atoms with Gasteiger partial charge in [-0.2, -0.15) is 0 Å². The maximum Gasteiger partial charge on any atom is 0.248 e. The summed E-state index contributed by atoms with van der Waals surface area (Å²) in [6.07, 6.45) is 2.32. The zero-order valence-corrected chi connectivity index (χ0v) is 9.22. The first kappa shape index (κ1) is 12.3. The van der Waals surface area contributed by atoms with Crippen molar-refractivity contribution in [1.29, 1.82) is 0 Å². The lowest BCUT2D eigenvalue weighted by Crippen LogP contribution is -2.02. The van der Waals surface area contributed by atoms with Crippen LogP contribution < -0.4 is 0 Å². The summed E-state index contributed by atoms with van der Waals surface area (Å²) in [5, 5.41) is -0.120. The van der Waals surface area contributed by atoms with Crippen molar-refractivity contribution in [3.8, 4) is 0 Å². The second-order valence-electron chi connectivity index (χ2n) is 1.93. The summed E-state index contributed by atoms with van der Waals surface area (Å²) < 4.78 is 21.6. The Morgan fingerprint density at radius 2 is 1.92 bits per heavy atom. The van der Waals surface area contributed by atoms with E-state index < -0.39 is 9.84 Å². The van der Waals surface area contributed by atoms with Crippen LogP contribution in [0.3, 0.4) is 0 Å². The second-order valence-corrected chi connectivity index (χ2v) is 4.23. The molecule has 0 bridgehead atoms. The fourth-order valence-corrected chi connectivity index (χ4v) is 1.20. The molecule has 0 N–H and O–H groups in total. The molecule has 0 fully saturated rings. The zero-order valence-electron chi connectivity index (χ0n) is 7.65. The molecule has 1 rings (SSSR count). The first-order chi connectivity index (χ1) is 6.00. The lowest BCUT2D eigenvalue weighted by molar-refractivity contribution is 0.593. The number of halogens is 1. The van der Waals surface area contributed by atoms with E-state index in [-0.39, 0.29) is 10.3 Å². The molecular weight excluding hydrogens is 212 g/mol. The van der Waals surface area contributed by atoms with Crippen molar-refractivity contribution >= 4 is 21.4 Å². The van der Waals surface area contributed by atoms with Crippen LogP contribution in [0, 0.1) is 0 Å². The van der Waals surface area contributed by atoms with Gasteiger partial charge in [0.1, 0.15) is 5.15 Å². The van der Waals surface area contributed by atoms with Gasteiger partial charge in [0.25, 0.3) is 0 Å². The monoisotopic (exact) mass is 222 g/mol. The van der Waals surface area contributed by atoms with Crippen LogP contribution in [0.4, 0.5) is 0 Å². The standard InChI is InChI=1S/C5H5ClN2O2S.C2H6/c1-11(9,10)5-7-3-2-4(6)8-5;1-2/h2-3H,1H3;1-2H3. The highest BCUT2D eigenvalue weighted by Gasteiger charge is 2.09. The smallest absolute Gasteiger partial charge is 0.227 e. The number of hydrogen-bond acceptors (Lipinski definition) is 4. The van der Waals surface area contributed by atoms with Crippen LogP contribution in [0.5, 0.6) is 0 Å². The van der Waals surface area contributed by atoms with Gasteiger partial charge < -0.3 is 0 Å². The minimum atomic E-state index is -3.33. The van der Waals surface area contributed by atoms with Crippen molar-refractivity contribution in [2.24, 2.45) is 0 Å². The molecule has 13 heavy (non-hydrogen) atoms. The minimum Gasteiger partial charge on any atom is -0.227 e. The topological polar surface area (TPSA) is 59.9 Å². The summed E-state index contributed by atoms with van der Waals surface area (Å²) in [7, 11) is -3.33. The van der Waals surface area contributed by atoms with E-state index in [0.29, 0.717) is 0 Å². The average Bonchev–Trinajstić information content (AvgIpc) is 2.06. The lowest BCUT2D eigenvalue weighted by atomic mass is 10.7. The predicted octanol–water partition coefficient (Wildman–Crippen LogP) is 1.56. The molecule has 1 aromatic rings. The van der Waals surface area contributed by atoms with Crippen LogP contribution in [0.25, 0.3) is 0 Å².